The van der Waals surface area contributed by atoms with Gasteiger partial charge in [-0.3, -0.25) is 0 Å². The molecule has 0 aliphatic carbocycles. The molecule has 134 valence electrons. The Labute approximate surface area is 173 Å². The molecule has 5 aromatic rings. The van der Waals surface area contributed by atoms with Crippen LogP contribution in [-0.2, 0) is 0 Å². The number of hydrogen-bond donors (Lipinski definition) is 0. The molecule has 0 spiro atoms. The van der Waals surface area contributed by atoms with Gasteiger partial charge >= 0.3 is 0 Å². The molecule has 0 atom stereocenters. The van der Waals surface area contributed by atoms with E-state index < -0.39 is 0 Å². The van der Waals surface area contributed by atoms with Crippen molar-refractivity contribution in [2.75, 3.05) is 0 Å². The number of fused-ring (bicyclic) bond motifs is 2. The SMILES string of the molecule is Clc1cc(Sc2ccccc2)cc(-c2c3ccccc3cc3ccccc23)c1. The van der Waals surface area contributed by atoms with E-state index in [1.807, 2.05) is 12.1 Å². The van der Waals surface area contributed by atoms with Gasteiger partial charge in [-0.1, -0.05) is 90.1 Å². The van der Waals surface area contributed by atoms with E-state index in [0.717, 1.165) is 15.5 Å². The Morgan fingerprint density at radius 3 is 1.82 bits per heavy atom. The third-order valence-corrected chi connectivity index (χ3v) is 6.11. The molecule has 5 rings (SSSR count). The summed E-state index contributed by atoms with van der Waals surface area (Å²) in [5, 5.41) is 5.74. The molecule has 0 unspecified atom stereocenters. The Morgan fingerprint density at radius 1 is 0.536 bits per heavy atom. The average Bonchev–Trinajstić information content (AvgIpc) is 2.72. The van der Waals surface area contributed by atoms with Crippen LogP contribution < -0.4 is 0 Å². The maximum absolute atomic E-state index is 6.56. The molecule has 0 saturated carbocycles. The third-order valence-electron chi connectivity index (χ3n) is 4.91. The highest BCUT2D eigenvalue weighted by molar-refractivity contribution is 7.99. The topological polar surface area (TPSA) is 0 Å². The molecule has 0 aliphatic rings. The first-order valence-corrected chi connectivity index (χ1v) is 10.4. The first-order chi connectivity index (χ1) is 13.8. The van der Waals surface area contributed by atoms with Gasteiger partial charge in [-0.25, -0.2) is 0 Å². The molecule has 0 radical (unpaired) electrons. The largest absolute Gasteiger partial charge is 0.0900 e. The Morgan fingerprint density at radius 2 is 1.14 bits per heavy atom. The van der Waals surface area contributed by atoms with Crippen molar-refractivity contribution >= 4 is 44.9 Å². The van der Waals surface area contributed by atoms with E-state index in [0.29, 0.717) is 0 Å². The molecular formula is C26H17ClS. The maximum atomic E-state index is 6.56. The molecule has 0 aromatic heterocycles. The molecule has 0 nitrogen and oxygen atoms in total. The van der Waals surface area contributed by atoms with Crippen LogP contribution in [0.1, 0.15) is 0 Å². The van der Waals surface area contributed by atoms with Gasteiger partial charge in [-0.05, 0) is 69.1 Å². The van der Waals surface area contributed by atoms with E-state index in [9.17, 15) is 0 Å². The summed E-state index contributed by atoms with van der Waals surface area (Å²) in [6.45, 7) is 0. The van der Waals surface area contributed by atoms with Crippen LogP contribution in [0.15, 0.2) is 113 Å². The minimum Gasteiger partial charge on any atom is -0.0900 e. The zero-order valence-electron chi connectivity index (χ0n) is 15.1. The van der Waals surface area contributed by atoms with Gasteiger partial charge in [0.15, 0.2) is 0 Å². The van der Waals surface area contributed by atoms with Crippen LogP contribution in [0.5, 0.6) is 0 Å². The van der Waals surface area contributed by atoms with Gasteiger partial charge in [0, 0.05) is 14.8 Å². The minimum atomic E-state index is 0.757. The van der Waals surface area contributed by atoms with Gasteiger partial charge in [0.2, 0.25) is 0 Å². The van der Waals surface area contributed by atoms with Gasteiger partial charge in [-0.15, -0.1) is 0 Å². The van der Waals surface area contributed by atoms with Crippen LogP contribution in [0.25, 0.3) is 32.7 Å². The highest BCUT2D eigenvalue weighted by atomic mass is 35.5. The Bertz CT molecular complexity index is 1240. The first kappa shape index (κ1) is 17.4. The summed E-state index contributed by atoms with van der Waals surface area (Å²) < 4.78 is 0. The molecule has 0 amide bonds. The normalized spacial score (nSPS) is 11.2. The van der Waals surface area contributed by atoms with Crippen molar-refractivity contribution in [2.45, 2.75) is 9.79 Å². The van der Waals surface area contributed by atoms with E-state index in [4.69, 9.17) is 11.6 Å². The van der Waals surface area contributed by atoms with E-state index in [2.05, 4.69) is 91.0 Å². The maximum Gasteiger partial charge on any atom is 0.0423 e. The van der Waals surface area contributed by atoms with Gasteiger partial charge in [0.25, 0.3) is 0 Å². The van der Waals surface area contributed by atoms with E-state index >= 15 is 0 Å². The summed E-state index contributed by atoms with van der Waals surface area (Å²) in [6.07, 6.45) is 0. The van der Waals surface area contributed by atoms with Gasteiger partial charge < -0.3 is 0 Å². The van der Waals surface area contributed by atoms with Crippen LogP contribution >= 0.6 is 23.4 Å². The minimum absolute atomic E-state index is 0.757. The Kier molecular flexibility index (Phi) is 4.56. The lowest BCUT2D eigenvalue weighted by atomic mass is 9.92. The van der Waals surface area contributed by atoms with E-state index in [-0.39, 0.29) is 0 Å². The number of benzene rings is 5. The predicted molar refractivity (Wildman–Crippen MR) is 122 cm³/mol. The number of hydrogen-bond acceptors (Lipinski definition) is 1. The molecule has 5 aromatic carbocycles. The Hall–Kier alpha value is -2.74. The molecule has 0 heterocycles. The van der Waals surface area contributed by atoms with Crippen molar-refractivity contribution in [3.8, 4) is 11.1 Å². The molecule has 0 N–H and O–H groups in total. The van der Waals surface area contributed by atoms with Crippen LogP contribution in [-0.4, -0.2) is 0 Å². The van der Waals surface area contributed by atoms with Gasteiger partial charge in [0.05, 0.1) is 0 Å². The molecule has 0 fully saturated rings. The summed E-state index contributed by atoms with van der Waals surface area (Å²) in [7, 11) is 0. The standard InChI is InChI=1S/C26H17ClS/c27-21-15-20(16-23(17-21)28-22-10-2-1-3-11-22)26-24-12-6-4-8-18(24)14-19-9-5-7-13-25(19)26/h1-17H. The van der Waals surface area contributed by atoms with Crippen molar-refractivity contribution in [1.82, 2.24) is 0 Å². The predicted octanol–water partition coefficient (Wildman–Crippen LogP) is 8.46. The highest BCUT2D eigenvalue weighted by Gasteiger charge is 2.12. The van der Waals surface area contributed by atoms with Crippen molar-refractivity contribution in [3.63, 3.8) is 0 Å². The second kappa shape index (κ2) is 7.35. The van der Waals surface area contributed by atoms with Crippen molar-refractivity contribution in [3.05, 3.63) is 108 Å². The number of halogens is 1. The van der Waals surface area contributed by atoms with Crippen LogP contribution in [0.2, 0.25) is 5.02 Å². The quantitative estimate of drug-likeness (QED) is 0.275. The second-order valence-corrected chi connectivity index (χ2v) is 8.37. The summed E-state index contributed by atoms with van der Waals surface area (Å²) in [5.41, 5.74) is 2.39. The van der Waals surface area contributed by atoms with E-state index in [1.54, 1.807) is 11.8 Å². The van der Waals surface area contributed by atoms with Crippen LogP contribution in [0, 0.1) is 0 Å². The van der Waals surface area contributed by atoms with Crippen molar-refractivity contribution < 1.29 is 0 Å². The zero-order valence-corrected chi connectivity index (χ0v) is 16.7. The highest BCUT2D eigenvalue weighted by Crippen LogP contribution is 2.40. The lowest BCUT2D eigenvalue weighted by molar-refractivity contribution is 1.41. The smallest absolute Gasteiger partial charge is 0.0423 e. The fourth-order valence-corrected chi connectivity index (χ4v) is 4.95. The van der Waals surface area contributed by atoms with Crippen molar-refractivity contribution in [1.29, 1.82) is 0 Å². The van der Waals surface area contributed by atoms with Crippen LogP contribution in [0.3, 0.4) is 0 Å². The number of rotatable bonds is 3. The lowest BCUT2D eigenvalue weighted by Gasteiger charge is -2.14. The molecule has 2 heteroatoms. The van der Waals surface area contributed by atoms with Crippen molar-refractivity contribution in [2.24, 2.45) is 0 Å². The summed E-state index contributed by atoms with van der Waals surface area (Å²) in [6, 6.07) is 36.2. The van der Waals surface area contributed by atoms with Gasteiger partial charge in [0.1, 0.15) is 0 Å². The zero-order chi connectivity index (χ0) is 18.9. The average molecular weight is 397 g/mol. The lowest BCUT2D eigenvalue weighted by Crippen LogP contribution is -1.87. The monoisotopic (exact) mass is 396 g/mol. The van der Waals surface area contributed by atoms with Crippen LogP contribution in [0.4, 0.5) is 0 Å². The fourth-order valence-electron chi connectivity index (χ4n) is 3.72. The van der Waals surface area contributed by atoms with E-state index in [1.165, 1.54) is 32.0 Å². The van der Waals surface area contributed by atoms with Gasteiger partial charge in [-0.2, -0.15) is 0 Å². The summed E-state index contributed by atoms with van der Waals surface area (Å²) >= 11 is 8.29. The molecule has 0 saturated heterocycles. The molecule has 0 bridgehead atoms. The third kappa shape index (κ3) is 3.28. The first-order valence-electron chi connectivity index (χ1n) is 9.22. The molecule has 28 heavy (non-hydrogen) atoms. The second-order valence-electron chi connectivity index (χ2n) is 6.78. The summed E-state index contributed by atoms with van der Waals surface area (Å²) in [5.74, 6) is 0. The molecular weight excluding hydrogens is 380 g/mol. The Balaban J connectivity index is 1.75. The fraction of sp³-hybridized carbons (Fsp3) is 0. The summed E-state index contributed by atoms with van der Waals surface area (Å²) in [4.78, 5) is 2.35. The molecule has 0 aliphatic heterocycles.